The number of hydrogen-bond donors (Lipinski definition) is 2. The van der Waals surface area contributed by atoms with Crippen LogP contribution in [-0.4, -0.2) is 35.5 Å². The quantitative estimate of drug-likeness (QED) is 0.734. The van der Waals surface area contributed by atoms with Crippen LogP contribution in [0.15, 0.2) is 58.3 Å². The zero-order valence-corrected chi connectivity index (χ0v) is 16.0. The summed E-state index contributed by atoms with van der Waals surface area (Å²) >= 11 is 0. The lowest BCUT2D eigenvalue weighted by Gasteiger charge is -2.08. The Morgan fingerprint density at radius 3 is 1.92 bits per heavy atom. The standard InChI is InChI=1S/C17H20N2O5S2/c1-3-18-17(20)14-6-4-13(5-7-14)12-19-26(23,24)16-10-8-15(9-11-16)25(2,21)22/h4-11,19H,3,12H2,1-2H3,(H,18,20). The first-order valence-electron chi connectivity index (χ1n) is 7.80. The van der Waals surface area contributed by atoms with Crippen molar-refractivity contribution < 1.29 is 21.6 Å². The van der Waals surface area contributed by atoms with E-state index >= 15 is 0 Å². The van der Waals surface area contributed by atoms with E-state index in [1.807, 2.05) is 6.92 Å². The third-order valence-corrected chi connectivity index (χ3v) is 6.13. The van der Waals surface area contributed by atoms with Crippen LogP contribution in [0.1, 0.15) is 22.8 Å². The summed E-state index contributed by atoms with van der Waals surface area (Å²) in [5.74, 6) is -0.189. The second-order valence-corrected chi connectivity index (χ2v) is 9.41. The van der Waals surface area contributed by atoms with Crippen molar-refractivity contribution >= 4 is 25.8 Å². The van der Waals surface area contributed by atoms with Crippen LogP contribution in [0.3, 0.4) is 0 Å². The van der Waals surface area contributed by atoms with E-state index in [0.717, 1.165) is 6.26 Å². The van der Waals surface area contributed by atoms with Crippen LogP contribution in [-0.2, 0) is 26.4 Å². The minimum absolute atomic E-state index is 0.0242. The molecule has 0 aliphatic carbocycles. The fourth-order valence-electron chi connectivity index (χ4n) is 2.16. The molecular formula is C17H20N2O5S2. The van der Waals surface area contributed by atoms with Gasteiger partial charge in [0.1, 0.15) is 0 Å². The molecule has 0 fully saturated rings. The summed E-state index contributed by atoms with van der Waals surface area (Å²) in [6.07, 6.45) is 1.05. The molecule has 0 saturated carbocycles. The van der Waals surface area contributed by atoms with Crippen molar-refractivity contribution in [2.75, 3.05) is 12.8 Å². The Labute approximate surface area is 153 Å². The van der Waals surface area contributed by atoms with Gasteiger partial charge in [-0.15, -0.1) is 0 Å². The van der Waals surface area contributed by atoms with Crippen molar-refractivity contribution in [3.8, 4) is 0 Å². The predicted molar refractivity (Wildman–Crippen MR) is 98.0 cm³/mol. The van der Waals surface area contributed by atoms with Crippen molar-refractivity contribution in [3.05, 3.63) is 59.7 Å². The summed E-state index contributed by atoms with van der Waals surface area (Å²) < 4.78 is 49.9. The van der Waals surface area contributed by atoms with Crippen LogP contribution in [0.25, 0.3) is 0 Å². The molecule has 140 valence electrons. The van der Waals surface area contributed by atoms with Crippen LogP contribution in [0.4, 0.5) is 0 Å². The Morgan fingerprint density at radius 2 is 1.42 bits per heavy atom. The molecule has 0 unspecified atom stereocenters. The highest BCUT2D eigenvalue weighted by atomic mass is 32.2. The molecule has 1 amide bonds. The molecular weight excluding hydrogens is 376 g/mol. The average Bonchev–Trinajstić information content (AvgIpc) is 2.60. The third-order valence-electron chi connectivity index (χ3n) is 3.58. The van der Waals surface area contributed by atoms with Crippen molar-refractivity contribution in [2.24, 2.45) is 0 Å². The zero-order chi connectivity index (χ0) is 19.4. The third kappa shape index (κ3) is 5.13. The molecule has 0 atom stereocenters. The minimum atomic E-state index is -3.78. The van der Waals surface area contributed by atoms with Gasteiger partial charge in [-0.1, -0.05) is 12.1 Å². The zero-order valence-electron chi connectivity index (χ0n) is 14.4. The van der Waals surface area contributed by atoms with E-state index in [2.05, 4.69) is 10.0 Å². The maximum atomic E-state index is 12.3. The number of sulfonamides is 1. The van der Waals surface area contributed by atoms with Gasteiger partial charge in [0.25, 0.3) is 5.91 Å². The number of hydrogen-bond acceptors (Lipinski definition) is 5. The first-order valence-corrected chi connectivity index (χ1v) is 11.2. The number of rotatable bonds is 7. The Kier molecular flexibility index (Phi) is 6.17. The van der Waals surface area contributed by atoms with Gasteiger partial charge in [-0.05, 0) is 48.9 Å². The molecule has 26 heavy (non-hydrogen) atoms. The summed E-state index contributed by atoms with van der Waals surface area (Å²) in [7, 11) is -7.16. The molecule has 0 saturated heterocycles. The lowest BCUT2D eigenvalue weighted by atomic mass is 10.1. The van der Waals surface area contributed by atoms with Gasteiger partial charge in [0.15, 0.2) is 9.84 Å². The van der Waals surface area contributed by atoms with Gasteiger partial charge in [-0.3, -0.25) is 4.79 Å². The van der Waals surface area contributed by atoms with Crippen LogP contribution < -0.4 is 10.0 Å². The molecule has 7 nitrogen and oxygen atoms in total. The SMILES string of the molecule is CCNC(=O)c1ccc(CNS(=O)(=O)c2ccc(S(C)(=O)=O)cc2)cc1. The number of nitrogens with one attached hydrogen (secondary N) is 2. The summed E-state index contributed by atoms with van der Waals surface area (Å²) in [6.45, 7) is 2.40. The Bertz CT molecular complexity index is 980. The van der Waals surface area contributed by atoms with E-state index < -0.39 is 19.9 Å². The number of carbonyl (C=O) groups is 1. The second-order valence-electron chi connectivity index (χ2n) is 5.62. The van der Waals surface area contributed by atoms with E-state index in [9.17, 15) is 21.6 Å². The molecule has 0 spiro atoms. The highest BCUT2D eigenvalue weighted by molar-refractivity contribution is 7.90. The largest absolute Gasteiger partial charge is 0.352 e. The fraction of sp³-hybridized carbons (Fsp3) is 0.235. The number of carbonyl (C=O) groups excluding carboxylic acids is 1. The van der Waals surface area contributed by atoms with E-state index in [1.165, 1.54) is 24.3 Å². The van der Waals surface area contributed by atoms with Gasteiger partial charge >= 0.3 is 0 Å². The Balaban J connectivity index is 2.07. The van der Waals surface area contributed by atoms with Crippen molar-refractivity contribution in [1.29, 1.82) is 0 Å². The smallest absolute Gasteiger partial charge is 0.251 e. The lowest BCUT2D eigenvalue weighted by molar-refractivity contribution is 0.0956. The fourth-order valence-corrected chi connectivity index (χ4v) is 3.81. The molecule has 2 N–H and O–H groups in total. The van der Waals surface area contributed by atoms with Crippen molar-refractivity contribution in [2.45, 2.75) is 23.3 Å². The monoisotopic (exact) mass is 396 g/mol. The molecule has 0 aliphatic rings. The number of sulfone groups is 1. The second kappa shape index (κ2) is 7.98. The van der Waals surface area contributed by atoms with Crippen LogP contribution in [0.2, 0.25) is 0 Å². The number of amides is 1. The molecule has 0 heterocycles. The van der Waals surface area contributed by atoms with Gasteiger partial charge in [-0.2, -0.15) is 0 Å². The van der Waals surface area contributed by atoms with Crippen LogP contribution in [0.5, 0.6) is 0 Å². The minimum Gasteiger partial charge on any atom is -0.352 e. The molecule has 0 radical (unpaired) electrons. The average molecular weight is 396 g/mol. The van der Waals surface area contributed by atoms with Crippen molar-refractivity contribution in [3.63, 3.8) is 0 Å². The topological polar surface area (TPSA) is 109 Å². The van der Waals surface area contributed by atoms with Crippen LogP contribution >= 0.6 is 0 Å². The summed E-state index contributed by atoms with van der Waals surface area (Å²) in [5.41, 5.74) is 1.18. The summed E-state index contributed by atoms with van der Waals surface area (Å²) in [6, 6.07) is 11.6. The van der Waals surface area contributed by atoms with Gasteiger partial charge in [-0.25, -0.2) is 21.6 Å². The summed E-state index contributed by atoms with van der Waals surface area (Å²) in [5, 5.41) is 2.68. The lowest BCUT2D eigenvalue weighted by Crippen LogP contribution is -2.24. The molecule has 0 aliphatic heterocycles. The molecule has 2 rings (SSSR count). The molecule has 2 aromatic rings. The molecule has 2 aromatic carbocycles. The van der Waals surface area contributed by atoms with E-state index in [-0.39, 0.29) is 22.2 Å². The van der Waals surface area contributed by atoms with Gasteiger partial charge in [0, 0.05) is 24.9 Å². The Morgan fingerprint density at radius 1 is 0.885 bits per heavy atom. The molecule has 0 bridgehead atoms. The maximum Gasteiger partial charge on any atom is 0.251 e. The highest BCUT2D eigenvalue weighted by Crippen LogP contribution is 2.15. The Hall–Kier alpha value is -2.23. The van der Waals surface area contributed by atoms with E-state index in [4.69, 9.17) is 0 Å². The van der Waals surface area contributed by atoms with Crippen molar-refractivity contribution in [1.82, 2.24) is 10.0 Å². The maximum absolute atomic E-state index is 12.3. The van der Waals surface area contributed by atoms with E-state index in [1.54, 1.807) is 24.3 Å². The van der Waals surface area contributed by atoms with Gasteiger partial charge in [0.05, 0.1) is 9.79 Å². The van der Waals surface area contributed by atoms with Crippen LogP contribution in [0, 0.1) is 0 Å². The number of benzene rings is 2. The highest BCUT2D eigenvalue weighted by Gasteiger charge is 2.15. The normalized spacial score (nSPS) is 11.9. The molecule has 9 heteroatoms. The summed E-state index contributed by atoms with van der Waals surface area (Å²) in [4.78, 5) is 11.7. The first-order chi connectivity index (χ1) is 12.1. The predicted octanol–water partition coefficient (Wildman–Crippen LogP) is 1.32. The van der Waals surface area contributed by atoms with Gasteiger partial charge in [0.2, 0.25) is 10.0 Å². The first kappa shape index (κ1) is 20.1. The molecule has 0 aromatic heterocycles. The van der Waals surface area contributed by atoms with E-state index in [0.29, 0.717) is 17.7 Å². The van der Waals surface area contributed by atoms with Gasteiger partial charge < -0.3 is 5.32 Å².